The van der Waals surface area contributed by atoms with Crippen LogP contribution in [0.2, 0.25) is 0 Å². The Hall–Kier alpha value is -3.47. The molecule has 0 saturated carbocycles. The Kier molecular flexibility index (Phi) is 3.97. The number of Topliss-reactive ketones (excluding diaryl/α,β-unsaturated/α-hetero) is 1. The van der Waals surface area contributed by atoms with Crippen LogP contribution in [0, 0.1) is 0 Å². The first-order valence-electron chi connectivity index (χ1n) is 8.29. The number of carbonyl (C=O) groups is 1. The van der Waals surface area contributed by atoms with Crippen molar-refractivity contribution in [2.45, 2.75) is 6.42 Å². The zero-order chi connectivity index (χ0) is 18.1. The van der Waals surface area contributed by atoms with E-state index in [2.05, 4.69) is 10.1 Å². The van der Waals surface area contributed by atoms with Crippen molar-refractivity contribution in [1.82, 2.24) is 14.8 Å². The molecule has 5 heteroatoms. The van der Waals surface area contributed by atoms with E-state index in [1.165, 1.54) is 0 Å². The fourth-order valence-corrected chi connectivity index (χ4v) is 3.04. The average Bonchev–Trinajstić information content (AvgIpc) is 3.07. The maximum atomic E-state index is 12.4. The highest BCUT2D eigenvalue weighted by molar-refractivity contribution is 5.96. The van der Waals surface area contributed by atoms with Crippen LogP contribution in [0.25, 0.3) is 22.0 Å². The Balaban J connectivity index is 1.63. The fourth-order valence-electron chi connectivity index (χ4n) is 3.04. The summed E-state index contributed by atoms with van der Waals surface area (Å²) in [7, 11) is 1.76. The number of benzene rings is 2. The standard InChI is InChI=1S/C21H17N3O2/c1-24-20(7-8-23-24)21(26)10-14-5-6-16-11-17(13-22-19(16)9-14)15-3-2-4-18(25)12-15/h2-9,11-13,25H,10H2,1H3. The summed E-state index contributed by atoms with van der Waals surface area (Å²) in [6, 6.07) is 16.7. The van der Waals surface area contributed by atoms with Crippen molar-refractivity contribution in [1.29, 1.82) is 0 Å². The van der Waals surface area contributed by atoms with Crippen LogP contribution in [0.1, 0.15) is 16.1 Å². The second-order valence-electron chi connectivity index (χ2n) is 6.24. The minimum atomic E-state index is 0.0285. The molecule has 0 spiro atoms. The van der Waals surface area contributed by atoms with Gasteiger partial charge in [0.05, 0.1) is 5.52 Å². The number of hydrogen-bond donors (Lipinski definition) is 1. The summed E-state index contributed by atoms with van der Waals surface area (Å²) in [5.74, 6) is 0.257. The summed E-state index contributed by atoms with van der Waals surface area (Å²) in [6.07, 6.45) is 3.72. The van der Waals surface area contributed by atoms with Crippen LogP contribution in [0.5, 0.6) is 5.75 Å². The van der Waals surface area contributed by atoms with Crippen molar-refractivity contribution in [2.75, 3.05) is 0 Å². The van der Waals surface area contributed by atoms with Crippen LogP contribution >= 0.6 is 0 Å². The number of phenols is 1. The van der Waals surface area contributed by atoms with Gasteiger partial charge in [0.15, 0.2) is 5.78 Å². The van der Waals surface area contributed by atoms with Gasteiger partial charge in [-0.25, -0.2) is 0 Å². The normalized spacial score (nSPS) is 11.0. The molecular weight excluding hydrogens is 326 g/mol. The van der Waals surface area contributed by atoms with Crippen molar-refractivity contribution in [2.24, 2.45) is 7.05 Å². The summed E-state index contributed by atoms with van der Waals surface area (Å²) in [4.78, 5) is 16.9. The third kappa shape index (κ3) is 3.07. The first-order valence-corrected chi connectivity index (χ1v) is 8.29. The third-order valence-corrected chi connectivity index (χ3v) is 4.40. The molecule has 0 fully saturated rings. The fraction of sp³-hybridized carbons (Fsp3) is 0.0952. The number of hydrogen-bond acceptors (Lipinski definition) is 4. The molecule has 5 nitrogen and oxygen atoms in total. The Morgan fingerprint density at radius 1 is 1.08 bits per heavy atom. The maximum Gasteiger partial charge on any atom is 0.185 e. The predicted molar refractivity (Wildman–Crippen MR) is 100 cm³/mol. The molecule has 2 aromatic carbocycles. The van der Waals surface area contributed by atoms with E-state index in [1.54, 1.807) is 42.3 Å². The van der Waals surface area contributed by atoms with Crippen LogP contribution in [-0.4, -0.2) is 25.7 Å². The summed E-state index contributed by atoms with van der Waals surface area (Å²) in [5, 5.41) is 14.7. The van der Waals surface area contributed by atoms with Gasteiger partial charge < -0.3 is 5.11 Å². The molecule has 2 aromatic heterocycles. The van der Waals surface area contributed by atoms with E-state index in [9.17, 15) is 9.90 Å². The molecule has 0 amide bonds. The largest absolute Gasteiger partial charge is 0.508 e. The molecule has 4 aromatic rings. The molecule has 0 aliphatic heterocycles. The van der Waals surface area contributed by atoms with E-state index in [1.807, 2.05) is 36.4 Å². The number of carbonyl (C=O) groups excluding carboxylic acids is 1. The van der Waals surface area contributed by atoms with E-state index in [0.29, 0.717) is 12.1 Å². The van der Waals surface area contributed by atoms with Gasteiger partial charge in [-0.3, -0.25) is 14.5 Å². The van der Waals surface area contributed by atoms with Crippen molar-refractivity contribution < 1.29 is 9.90 Å². The van der Waals surface area contributed by atoms with Crippen LogP contribution < -0.4 is 0 Å². The highest BCUT2D eigenvalue weighted by Gasteiger charge is 2.11. The second-order valence-corrected chi connectivity index (χ2v) is 6.24. The number of rotatable bonds is 4. The second kappa shape index (κ2) is 6.44. The van der Waals surface area contributed by atoms with Gasteiger partial charge in [-0.15, -0.1) is 0 Å². The minimum Gasteiger partial charge on any atom is -0.508 e. The molecular formula is C21H17N3O2. The van der Waals surface area contributed by atoms with Crippen LogP contribution in [0.15, 0.2) is 67.0 Å². The number of fused-ring (bicyclic) bond motifs is 1. The third-order valence-electron chi connectivity index (χ3n) is 4.40. The summed E-state index contributed by atoms with van der Waals surface area (Å²) in [5.41, 5.74) is 4.20. The maximum absolute atomic E-state index is 12.4. The van der Waals surface area contributed by atoms with Crippen molar-refractivity contribution in [3.05, 3.63) is 78.2 Å². The van der Waals surface area contributed by atoms with Gasteiger partial charge in [-0.1, -0.05) is 24.3 Å². The Bertz CT molecular complexity index is 1120. The highest BCUT2D eigenvalue weighted by atomic mass is 16.3. The molecule has 0 saturated heterocycles. The first kappa shape index (κ1) is 16.0. The van der Waals surface area contributed by atoms with Crippen molar-refractivity contribution in [3.63, 3.8) is 0 Å². The zero-order valence-electron chi connectivity index (χ0n) is 14.3. The quantitative estimate of drug-likeness (QED) is 0.573. The van der Waals surface area contributed by atoms with E-state index < -0.39 is 0 Å². The number of nitrogens with zero attached hydrogens (tertiary/aromatic N) is 3. The summed E-state index contributed by atoms with van der Waals surface area (Å²) < 4.78 is 1.59. The lowest BCUT2D eigenvalue weighted by molar-refractivity contribution is 0.0984. The average molecular weight is 343 g/mol. The number of pyridine rings is 1. The molecule has 0 aliphatic carbocycles. The van der Waals surface area contributed by atoms with Gasteiger partial charge in [0.2, 0.25) is 0 Å². The predicted octanol–water partition coefficient (Wildman–Crippen LogP) is 3.77. The Morgan fingerprint density at radius 2 is 1.96 bits per heavy atom. The van der Waals surface area contributed by atoms with E-state index in [4.69, 9.17) is 0 Å². The minimum absolute atomic E-state index is 0.0285. The van der Waals surface area contributed by atoms with Crippen LogP contribution in [0.4, 0.5) is 0 Å². The smallest absolute Gasteiger partial charge is 0.185 e. The van der Waals surface area contributed by atoms with Gasteiger partial charge in [-0.05, 0) is 41.5 Å². The lowest BCUT2D eigenvalue weighted by atomic mass is 10.0. The number of aromatic hydroxyl groups is 1. The number of aryl methyl sites for hydroxylation is 1. The van der Waals surface area contributed by atoms with E-state index in [-0.39, 0.29) is 11.5 Å². The number of phenolic OH excluding ortho intramolecular Hbond substituents is 1. The lowest BCUT2D eigenvalue weighted by Gasteiger charge is -2.06. The van der Waals surface area contributed by atoms with Gasteiger partial charge in [0, 0.05) is 36.8 Å². The Labute approximate surface area is 150 Å². The van der Waals surface area contributed by atoms with E-state index >= 15 is 0 Å². The van der Waals surface area contributed by atoms with Gasteiger partial charge >= 0.3 is 0 Å². The van der Waals surface area contributed by atoms with Crippen molar-refractivity contribution in [3.8, 4) is 16.9 Å². The van der Waals surface area contributed by atoms with E-state index in [0.717, 1.165) is 27.6 Å². The molecule has 0 atom stereocenters. The highest BCUT2D eigenvalue weighted by Crippen LogP contribution is 2.26. The molecule has 0 aliphatic rings. The molecule has 0 radical (unpaired) electrons. The molecule has 0 unspecified atom stereocenters. The molecule has 4 rings (SSSR count). The molecule has 2 heterocycles. The SMILES string of the molecule is Cn1nccc1C(=O)Cc1ccc2cc(-c3cccc(O)c3)cnc2c1. The summed E-state index contributed by atoms with van der Waals surface area (Å²) >= 11 is 0. The summed E-state index contributed by atoms with van der Waals surface area (Å²) in [6.45, 7) is 0. The van der Waals surface area contributed by atoms with Crippen LogP contribution in [0.3, 0.4) is 0 Å². The first-order chi connectivity index (χ1) is 12.6. The monoisotopic (exact) mass is 343 g/mol. The zero-order valence-corrected chi connectivity index (χ0v) is 14.3. The van der Waals surface area contributed by atoms with Crippen molar-refractivity contribution >= 4 is 16.7 Å². The molecule has 26 heavy (non-hydrogen) atoms. The molecule has 128 valence electrons. The number of ketones is 1. The molecule has 1 N–H and O–H groups in total. The van der Waals surface area contributed by atoms with Gasteiger partial charge in [0.1, 0.15) is 11.4 Å². The van der Waals surface area contributed by atoms with Gasteiger partial charge in [0.25, 0.3) is 0 Å². The Morgan fingerprint density at radius 3 is 2.73 bits per heavy atom. The van der Waals surface area contributed by atoms with Crippen LogP contribution in [-0.2, 0) is 13.5 Å². The molecule has 0 bridgehead atoms. The van der Waals surface area contributed by atoms with Gasteiger partial charge in [-0.2, -0.15) is 5.10 Å². The topological polar surface area (TPSA) is 68.0 Å². The number of aromatic nitrogens is 3. The lowest BCUT2D eigenvalue weighted by Crippen LogP contribution is -2.09.